The minimum absolute atomic E-state index is 0.592. The molecule has 0 radical (unpaired) electrons. The molecule has 11 heteroatoms. The van der Waals surface area contributed by atoms with Gasteiger partial charge in [-0.1, -0.05) is 0 Å². The van der Waals surface area contributed by atoms with Gasteiger partial charge in [-0.2, -0.15) is 0 Å². The van der Waals surface area contributed by atoms with Crippen LogP contribution in [0.3, 0.4) is 0 Å². The molecule has 0 bridgehead atoms. The first-order valence-electron chi connectivity index (χ1n) is 7.46. The number of hydrogen-bond donors (Lipinski definition) is 7. The summed E-state index contributed by atoms with van der Waals surface area (Å²) in [4.78, 5) is 0. The van der Waals surface area contributed by atoms with Gasteiger partial charge in [0.15, 0.2) is 12.6 Å². The summed E-state index contributed by atoms with van der Waals surface area (Å²) in [5.41, 5.74) is 0. The van der Waals surface area contributed by atoms with Crippen molar-refractivity contribution in [2.24, 2.45) is 0 Å². The van der Waals surface area contributed by atoms with Crippen molar-refractivity contribution < 1.29 is 54.7 Å². The van der Waals surface area contributed by atoms with Crippen LogP contribution in [0.1, 0.15) is 0 Å². The standard InChI is InChI=1S/C13H24O11/c1-21-12-10(20)8(18)11(5(3-15)23-12)24-13-9(19)7(17)6(16)4(2-14)22-13/h4-20H,2-3H2,1H3/t4?,5?,6-,7?,8?,9?,10?,11-,12-,13+/m1/s1. The molecule has 2 saturated heterocycles. The van der Waals surface area contributed by atoms with Crippen LogP contribution in [0.5, 0.6) is 0 Å². The fourth-order valence-corrected chi connectivity index (χ4v) is 2.75. The molecule has 0 aromatic heterocycles. The lowest BCUT2D eigenvalue weighted by molar-refractivity contribution is -0.357. The Labute approximate surface area is 137 Å². The third-order valence-electron chi connectivity index (χ3n) is 4.19. The van der Waals surface area contributed by atoms with E-state index in [1.807, 2.05) is 0 Å². The molecule has 0 saturated carbocycles. The molecule has 2 fully saturated rings. The smallest absolute Gasteiger partial charge is 0.187 e. The van der Waals surface area contributed by atoms with E-state index in [1.165, 1.54) is 7.11 Å². The number of aliphatic hydroxyl groups is 7. The zero-order valence-electron chi connectivity index (χ0n) is 13.0. The molecule has 2 rings (SSSR count). The molecule has 2 heterocycles. The van der Waals surface area contributed by atoms with Gasteiger partial charge in [0.1, 0.15) is 48.8 Å². The summed E-state index contributed by atoms with van der Waals surface area (Å²) < 4.78 is 20.6. The molecule has 11 nitrogen and oxygen atoms in total. The van der Waals surface area contributed by atoms with E-state index < -0.39 is 74.6 Å². The predicted octanol–water partition coefficient (Wildman–Crippen LogP) is -4.74. The molecule has 0 aliphatic carbocycles. The van der Waals surface area contributed by atoms with Gasteiger partial charge in [-0.25, -0.2) is 0 Å². The van der Waals surface area contributed by atoms with Crippen LogP contribution in [-0.2, 0) is 18.9 Å². The molecule has 0 aromatic carbocycles. The largest absolute Gasteiger partial charge is 0.394 e. The molecule has 7 N–H and O–H groups in total. The molecule has 0 amide bonds. The highest BCUT2D eigenvalue weighted by Gasteiger charge is 2.50. The maximum absolute atomic E-state index is 10.2. The van der Waals surface area contributed by atoms with Crippen LogP contribution in [0.4, 0.5) is 0 Å². The van der Waals surface area contributed by atoms with E-state index >= 15 is 0 Å². The van der Waals surface area contributed by atoms with E-state index in [1.54, 1.807) is 0 Å². The molecular formula is C13H24O11. The molecule has 10 atom stereocenters. The van der Waals surface area contributed by atoms with E-state index in [2.05, 4.69) is 0 Å². The third-order valence-corrected chi connectivity index (χ3v) is 4.19. The molecule has 142 valence electrons. The number of hydrogen-bond acceptors (Lipinski definition) is 11. The first kappa shape index (κ1) is 19.9. The van der Waals surface area contributed by atoms with Gasteiger partial charge in [0, 0.05) is 7.11 Å². The zero-order chi connectivity index (χ0) is 18.0. The molecule has 2 aliphatic heterocycles. The van der Waals surface area contributed by atoms with Gasteiger partial charge in [-0.3, -0.25) is 0 Å². The van der Waals surface area contributed by atoms with Gasteiger partial charge in [0.25, 0.3) is 0 Å². The number of ether oxygens (including phenoxy) is 4. The Kier molecular flexibility index (Phi) is 6.87. The Morgan fingerprint density at radius 1 is 0.708 bits per heavy atom. The van der Waals surface area contributed by atoms with Gasteiger partial charge in [-0.15, -0.1) is 0 Å². The Balaban J connectivity index is 2.12. The molecular weight excluding hydrogens is 332 g/mol. The average Bonchev–Trinajstić information content (AvgIpc) is 2.59. The SMILES string of the molecule is CO[C@@H]1OC(CO)[C@@H](O[C@@H]2OC(CO)[C@@H](O)C(O)C2O)C(O)C1O. The fraction of sp³-hybridized carbons (Fsp3) is 1.00. The van der Waals surface area contributed by atoms with E-state index in [0.29, 0.717) is 0 Å². The maximum atomic E-state index is 10.2. The van der Waals surface area contributed by atoms with Crippen molar-refractivity contribution in [3.05, 3.63) is 0 Å². The minimum Gasteiger partial charge on any atom is -0.394 e. The minimum atomic E-state index is -1.69. The first-order valence-corrected chi connectivity index (χ1v) is 7.46. The highest BCUT2D eigenvalue weighted by molar-refractivity contribution is 4.93. The maximum Gasteiger partial charge on any atom is 0.187 e. The quantitative estimate of drug-likeness (QED) is 0.251. The summed E-state index contributed by atoms with van der Waals surface area (Å²) in [5.74, 6) is 0. The van der Waals surface area contributed by atoms with E-state index in [4.69, 9.17) is 24.1 Å². The molecule has 6 unspecified atom stereocenters. The van der Waals surface area contributed by atoms with Crippen LogP contribution in [0.25, 0.3) is 0 Å². The highest BCUT2D eigenvalue weighted by atomic mass is 16.7. The summed E-state index contributed by atoms with van der Waals surface area (Å²) in [6, 6.07) is 0. The van der Waals surface area contributed by atoms with Gasteiger partial charge in [0.05, 0.1) is 13.2 Å². The zero-order valence-corrected chi connectivity index (χ0v) is 13.0. The van der Waals surface area contributed by atoms with Crippen LogP contribution >= 0.6 is 0 Å². The number of rotatable bonds is 5. The van der Waals surface area contributed by atoms with Crippen LogP contribution in [-0.4, -0.2) is 117 Å². The Hall–Kier alpha value is -0.440. The van der Waals surface area contributed by atoms with Crippen molar-refractivity contribution in [2.75, 3.05) is 20.3 Å². The average molecular weight is 356 g/mol. The molecule has 0 spiro atoms. The number of methoxy groups -OCH3 is 1. The summed E-state index contributed by atoms with van der Waals surface area (Å²) in [6.07, 6.45) is -14.3. The summed E-state index contributed by atoms with van der Waals surface area (Å²) in [7, 11) is 1.24. The van der Waals surface area contributed by atoms with Gasteiger partial charge in [-0.05, 0) is 0 Å². The summed E-state index contributed by atoms with van der Waals surface area (Å²) in [6.45, 7) is -1.24. The highest BCUT2D eigenvalue weighted by Crippen LogP contribution is 2.29. The van der Waals surface area contributed by atoms with Gasteiger partial charge >= 0.3 is 0 Å². The van der Waals surface area contributed by atoms with Crippen LogP contribution in [0, 0.1) is 0 Å². The predicted molar refractivity (Wildman–Crippen MR) is 73.4 cm³/mol. The van der Waals surface area contributed by atoms with E-state index in [9.17, 15) is 30.6 Å². The lowest BCUT2D eigenvalue weighted by Crippen LogP contribution is -2.64. The number of aliphatic hydroxyl groups excluding tert-OH is 7. The molecule has 24 heavy (non-hydrogen) atoms. The van der Waals surface area contributed by atoms with Crippen molar-refractivity contribution in [1.29, 1.82) is 0 Å². The second-order valence-electron chi connectivity index (χ2n) is 5.74. The van der Waals surface area contributed by atoms with Gasteiger partial charge < -0.3 is 54.7 Å². The monoisotopic (exact) mass is 356 g/mol. The Morgan fingerprint density at radius 3 is 1.79 bits per heavy atom. The Morgan fingerprint density at radius 2 is 1.25 bits per heavy atom. The second kappa shape index (κ2) is 8.29. The van der Waals surface area contributed by atoms with Crippen molar-refractivity contribution in [1.82, 2.24) is 0 Å². The summed E-state index contributed by atoms with van der Waals surface area (Å²) in [5, 5.41) is 68.0. The third kappa shape index (κ3) is 3.71. The lowest BCUT2D eigenvalue weighted by atomic mass is 9.97. The van der Waals surface area contributed by atoms with Crippen molar-refractivity contribution in [3.63, 3.8) is 0 Å². The molecule has 0 aromatic rings. The van der Waals surface area contributed by atoms with Gasteiger partial charge in [0.2, 0.25) is 0 Å². The summed E-state index contributed by atoms with van der Waals surface area (Å²) >= 11 is 0. The topological polar surface area (TPSA) is 179 Å². The van der Waals surface area contributed by atoms with Crippen LogP contribution in [0.15, 0.2) is 0 Å². The van der Waals surface area contributed by atoms with Crippen molar-refractivity contribution in [2.45, 2.75) is 61.4 Å². The van der Waals surface area contributed by atoms with E-state index in [0.717, 1.165) is 0 Å². The van der Waals surface area contributed by atoms with Crippen molar-refractivity contribution >= 4 is 0 Å². The van der Waals surface area contributed by atoms with Crippen LogP contribution < -0.4 is 0 Å². The molecule has 2 aliphatic rings. The first-order chi connectivity index (χ1) is 11.3. The fourth-order valence-electron chi connectivity index (χ4n) is 2.75. The van der Waals surface area contributed by atoms with Crippen molar-refractivity contribution in [3.8, 4) is 0 Å². The second-order valence-corrected chi connectivity index (χ2v) is 5.74. The van der Waals surface area contributed by atoms with E-state index in [-0.39, 0.29) is 0 Å². The normalized spacial score (nSPS) is 50.0. The lowest BCUT2D eigenvalue weighted by Gasteiger charge is -2.45. The Bertz CT molecular complexity index is 392. The van der Waals surface area contributed by atoms with Crippen LogP contribution in [0.2, 0.25) is 0 Å².